The predicted octanol–water partition coefficient (Wildman–Crippen LogP) is 2.33. The second-order valence-corrected chi connectivity index (χ2v) is 8.70. The summed E-state index contributed by atoms with van der Waals surface area (Å²) in [5.41, 5.74) is 0.585. The Kier molecular flexibility index (Phi) is 4.51. The Hall–Kier alpha value is -2.23. The van der Waals surface area contributed by atoms with Crippen LogP contribution >= 0.6 is 11.3 Å². The fourth-order valence-corrected chi connectivity index (χ4v) is 4.81. The number of rotatable bonds is 5. The Bertz CT molecular complexity index is 1100. The highest BCUT2D eigenvalue weighted by Gasteiger charge is 2.18. The Labute approximate surface area is 154 Å². The summed E-state index contributed by atoms with van der Waals surface area (Å²) >= 11 is 1.53. The molecule has 1 saturated heterocycles. The third kappa shape index (κ3) is 3.50. The van der Waals surface area contributed by atoms with E-state index in [4.69, 9.17) is 4.42 Å². The van der Waals surface area contributed by atoms with E-state index in [2.05, 4.69) is 14.6 Å². The molecule has 0 amide bonds. The molecule has 1 aromatic carbocycles. The lowest BCUT2D eigenvalue weighted by atomic mass is 10.2. The molecule has 4 rings (SSSR count). The fourth-order valence-electron chi connectivity index (χ4n) is 2.90. The lowest BCUT2D eigenvalue weighted by molar-refractivity contribution is 0.560. The van der Waals surface area contributed by atoms with Gasteiger partial charge in [0.2, 0.25) is 10.0 Å². The van der Waals surface area contributed by atoms with Crippen LogP contribution in [0.3, 0.4) is 0 Å². The van der Waals surface area contributed by atoms with Gasteiger partial charge in [-0.1, -0.05) is 0 Å². The van der Waals surface area contributed by atoms with E-state index in [1.807, 2.05) is 5.38 Å². The lowest BCUT2D eigenvalue weighted by Crippen LogP contribution is -2.23. The fraction of sp³-hybridized carbons (Fsp3) is 0.294. The summed E-state index contributed by atoms with van der Waals surface area (Å²) in [6.07, 6.45) is 2.34. The Balaban J connectivity index is 1.50. The minimum atomic E-state index is -3.69. The second-order valence-electron chi connectivity index (χ2n) is 6.09. The van der Waals surface area contributed by atoms with E-state index in [-0.39, 0.29) is 11.4 Å². The molecule has 0 unspecified atom stereocenters. The van der Waals surface area contributed by atoms with Gasteiger partial charge in [-0.05, 0) is 37.1 Å². The molecule has 2 aromatic heterocycles. The third-order valence-electron chi connectivity index (χ3n) is 4.26. The topological polar surface area (TPSA) is 92.5 Å². The van der Waals surface area contributed by atoms with Crippen LogP contribution < -0.4 is 15.2 Å². The number of hydrogen-bond donors (Lipinski definition) is 1. The molecule has 1 N–H and O–H groups in total. The van der Waals surface area contributed by atoms with Gasteiger partial charge in [0.1, 0.15) is 5.58 Å². The number of anilines is 1. The first-order valence-corrected chi connectivity index (χ1v) is 10.6. The monoisotopic (exact) mass is 391 g/mol. The quantitative estimate of drug-likeness (QED) is 0.671. The molecule has 0 radical (unpaired) electrons. The van der Waals surface area contributed by atoms with Crippen LogP contribution in [0, 0.1) is 0 Å². The van der Waals surface area contributed by atoms with E-state index in [1.165, 1.54) is 48.4 Å². The number of fused-ring (bicyclic) bond motifs is 1. The molecule has 0 aliphatic carbocycles. The van der Waals surface area contributed by atoms with Crippen molar-refractivity contribution < 1.29 is 12.8 Å². The van der Waals surface area contributed by atoms with E-state index >= 15 is 0 Å². The zero-order valence-electron chi connectivity index (χ0n) is 13.8. The molecule has 0 spiro atoms. The molecule has 3 heterocycles. The van der Waals surface area contributed by atoms with Crippen LogP contribution in [-0.4, -0.2) is 26.5 Å². The van der Waals surface area contributed by atoms with Crippen LogP contribution in [0.15, 0.2) is 49.8 Å². The van der Waals surface area contributed by atoms with Crippen molar-refractivity contribution >= 4 is 37.5 Å². The highest BCUT2D eigenvalue weighted by molar-refractivity contribution is 7.89. The van der Waals surface area contributed by atoms with Crippen molar-refractivity contribution in [3.63, 3.8) is 0 Å². The van der Waals surface area contributed by atoms with Crippen LogP contribution in [-0.2, 0) is 16.6 Å². The third-order valence-corrected chi connectivity index (χ3v) is 6.61. The van der Waals surface area contributed by atoms with Gasteiger partial charge < -0.3 is 9.32 Å². The molecule has 7 nitrogen and oxygen atoms in total. The molecular formula is C17H17N3O4S2. The van der Waals surface area contributed by atoms with Gasteiger partial charge in [-0.15, -0.1) is 11.3 Å². The van der Waals surface area contributed by atoms with Gasteiger partial charge in [-0.2, -0.15) is 0 Å². The summed E-state index contributed by atoms with van der Waals surface area (Å²) in [7, 11) is -3.69. The van der Waals surface area contributed by atoms with E-state index in [9.17, 15) is 13.2 Å². The molecular weight excluding hydrogens is 374 g/mol. The Morgan fingerprint density at radius 3 is 2.81 bits per heavy atom. The van der Waals surface area contributed by atoms with Crippen molar-refractivity contribution in [2.45, 2.75) is 24.3 Å². The van der Waals surface area contributed by atoms with Gasteiger partial charge in [0.05, 0.1) is 17.1 Å². The first kappa shape index (κ1) is 17.2. The Morgan fingerprint density at radius 1 is 1.19 bits per heavy atom. The molecule has 0 atom stereocenters. The van der Waals surface area contributed by atoms with Crippen LogP contribution in [0.25, 0.3) is 11.0 Å². The number of sulfonamides is 1. The lowest BCUT2D eigenvalue weighted by Gasteiger charge is -2.12. The largest absolute Gasteiger partial charge is 0.423 e. The molecule has 136 valence electrons. The minimum Gasteiger partial charge on any atom is -0.423 e. The van der Waals surface area contributed by atoms with Crippen molar-refractivity contribution in [2.75, 3.05) is 18.0 Å². The van der Waals surface area contributed by atoms with Crippen molar-refractivity contribution in [2.24, 2.45) is 0 Å². The first-order valence-electron chi connectivity index (χ1n) is 8.24. The summed E-state index contributed by atoms with van der Waals surface area (Å²) in [4.78, 5) is 18.1. The maximum atomic E-state index is 12.5. The highest BCUT2D eigenvalue weighted by Crippen LogP contribution is 2.24. The molecule has 3 aromatic rings. The van der Waals surface area contributed by atoms with Gasteiger partial charge in [-0.25, -0.2) is 22.9 Å². The van der Waals surface area contributed by atoms with Crippen LogP contribution in [0.4, 0.5) is 5.13 Å². The SMILES string of the molecule is O=c1ccc2cc(S(=O)(=O)NCc3csc(N4CCCC4)n3)ccc2o1. The summed E-state index contributed by atoms with van der Waals surface area (Å²) in [5, 5.41) is 3.38. The van der Waals surface area contributed by atoms with Crippen molar-refractivity contribution in [1.82, 2.24) is 9.71 Å². The Morgan fingerprint density at radius 2 is 2.00 bits per heavy atom. The average Bonchev–Trinajstić information content (AvgIpc) is 3.31. The minimum absolute atomic E-state index is 0.119. The maximum absolute atomic E-state index is 12.5. The normalized spacial score (nSPS) is 15.0. The zero-order valence-corrected chi connectivity index (χ0v) is 15.5. The number of thiazole rings is 1. The van der Waals surface area contributed by atoms with E-state index < -0.39 is 15.6 Å². The number of hydrogen-bond acceptors (Lipinski definition) is 7. The second kappa shape index (κ2) is 6.82. The highest BCUT2D eigenvalue weighted by atomic mass is 32.2. The number of aromatic nitrogens is 1. The van der Waals surface area contributed by atoms with E-state index in [0.29, 0.717) is 16.7 Å². The van der Waals surface area contributed by atoms with Crippen LogP contribution in [0.5, 0.6) is 0 Å². The van der Waals surface area contributed by atoms with Crippen LogP contribution in [0.1, 0.15) is 18.5 Å². The summed E-state index contributed by atoms with van der Waals surface area (Å²) in [6, 6.07) is 7.20. The smallest absolute Gasteiger partial charge is 0.336 e. The number of nitrogens with zero attached hydrogens (tertiary/aromatic N) is 2. The van der Waals surface area contributed by atoms with Gasteiger partial charge in [0.15, 0.2) is 5.13 Å². The van der Waals surface area contributed by atoms with Gasteiger partial charge >= 0.3 is 5.63 Å². The first-order chi connectivity index (χ1) is 12.5. The molecule has 9 heteroatoms. The number of nitrogens with one attached hydrogen (secondary N) is 1. The average molecular weight is 391 g/mol. The predicted molar refractivity (Wildman–Crippen MR) is 100 cm³/mol. The van der Waals surface area contributed by atoms with Gasteiger partial charge in [-0.3, -0.25) is 0 Å². The summed E-state index contributed by atoms with van der Waals surface area (Å²) in [6.45, 7) is 2.15. The van der Waals surface area contributed by atoms with Crippen molar-refractivity contribution in [3.05, 3.63) is 51.8 Å². The summed E-state index contributed by atoms with van der Waals surface area (Å²) < 4.78 is 32.7. The standard InChI is InChI=1S/C17H17N3O4S2/c21-16-6-3-12-9-14(4-5-15(12)24-16)26(22,23)18-10-13-11-25-17(19-13)20-7-1-2-8-20/h3-6,9,11,18H,1-2,7-8,10H2. The molecule has 1 aliphatic heterocycles. The van der Waals surface area contributed by atoms with Gasteiger partial charge in [0, 0.05) is 29.9 Å². The molecule has 26 heavy (non-hydrogen) atoms. The molecule has 1 fully saturated rings. The van der Waals surface area contributed by atoms with E-state index in [0.717, 1.165) is 18.2 Å². The maximum Gasteiger partial charge on any atom is 0.336 e. The van der Waals surface area contributed by atoms with E-state index in [1.54, 1.807) is 6.07 Å². The summed E-state index contributed by atoms with van der Waals surface area (Å²) in [5.74, 6) is 0. The number of benzene rings is 1. The zero-order chi connectivity index (χ0) is 18.1. The van der Waals surface area contributed by atoms with Crippen molar-refractivity contribution in [1.29, 1.82) is 0 Å². The molecule has 0 saturated carbocycles. The molecule has 0 bridgehead atoms. The van der Waals surface area contributed by atoms with Gasteiger partial charge in [0.25, 0.3) is 0 Å². The van der Waals surface area contributed by atoms with Crippen LogP contribution in [0.2, 0.25) is 0 Å². The molecule has 1 aliphatic rings. The van der Waals surface area contributed by atoms with Crippen molar-refractivity contribution in [3.8, 4) is 0 Å².